The standard InChI is InChI=1S/C11H7Cl2F3N2S/c1-19-9-2-3-18(17-9)10-7(12)4-6(5-8(10)13)11(14,15)16/h2-5H,1H3. The van der Waals surface area contributed by atoms with Gasteiger partial charge in [-0.05, 0) is 24.5 Å². The molecule has 0 aliphatic heterocycles. The summed E-state index contributed by atoms with van der Waals surface area (Å²) in [5.74, 6) is 0. The lowest BCUT2D eigenvalue weighted by molar-refractivity contribution is -0.137. The maximum Gasteiger partial charge on any atom is 0.416 e. The molecule has 1 heterocycles. The van der Waals surface area contributed by atoms with Crippen molar-refractivity contribution in [3.05, 3.63) is 40.0 Å². The van der Waals surface area contributed by atoms with Gasteiger partial charge in [0, 0.05) is 6.20 Å². The van der Waals surface area contributed by atoms with Gasteiger partial charge in [-0.2, -0.15) is 18.3 Å². The van der Waals surface area contributed by atoms with Crippen LogP contribution in [0, 0.1) is 0 Å². The highest BCUT2D eigenvalue weighted by Crippen LogP contribution is 2.37. The summed E-state index contributed by atoms with van der Waals surface area (Å²) in [6.07, 6.45) is -1.06. The van der Waals surface area contributed by atoms with Crippen LogP contribution in [0.3, 0.4) is 0 Å². The van der Waals surface area contributed by atoms with E-state index in [2.05, 4.69) is 5.10 Å². The topological polar surface area (TPSA) is 17.8 Å². The first-order valence-corrected chi connectivity index (χ1v) is 6.97. The molecule has 0 saturated carbocycles. The Labute approximate surface area is 121 Å². The summed E-state index contributed by atoms with van der Waals surface area (Å²) in [5, 5.41) is 4.65. The molecule has 0 aliphatic rings. The quantitative estimate of drug-likeness (QED) is 0.729. The van der Waals surface area contributed by atoms with E-state index in [-0.39, 0.29) is 15.7 Å². The second kappa shape index (κ2) is 5.26. The van der Waals surface area contributed by atoms with Gasteiger partial charge in [0.15, 0.2) is 0 Å². The van der Waals surface area contributed by atoms with E-state index >= 15 is 0 Å². The van der Waals surface area contributed by atoms with Crippen LogP contribution >= 0.6 is 35.0 Å². The van der Waals surface area contributed by atoms with Crippen LogP contribution in [-0.2, 0) is 6.18 Å². The Morgan fingerprint density at radius 1 is 1.21 bits per heavy atom. The third kappa shape index (κ3) is 3.01. The Morgan fingerprint density at radius 3 is 2.21 bits per heavy atom. The van der Waals surface area contributed by atoms with Gasteiger partial charge in [-0.3, -0.25) is 0 Å². The van der Waals surface area contributed by atoms with Crippen LogP contribution in [0.25, 0.3) is 5.69 Å². The zero-order chi connectivity index (χ0) is 14.2. The van der Waals surface area contributed by atoms with Crippen LogP contribution in [0.1, 0.15) is 5.56 Å². The molecule has 102 valence electrons. The summed E-state index contributed by atoms with van der Waals surface area (Å²) < 4.78 is 39.2. The van der Waals surface area contributed by atoms with Crippen LogP contribution in [0.4, 0.5) is 13.2 Å². The largest absolute Gasteiger partial charge is 0.416 e. The van der Waals surface area contributed by atoms with Crippen molar-refractivity contribution in [3.8, 4) is 5.69 Å². The normalized spacial score (nSPS) is 11.9. The van der Waals surface area contributed by atoms with E-state index in [4.69, 9.17) is 23.2 Å². The molecule has 1 aromatic heterocycles. The highest BCUT2D eigenvalue weighted by Gasteiger charge is 2.32. The van der Waals surface area contributed by atoms with Gasteiger partial charge in [0.2, 0.25) is 0 Å². The molecule has 0 amide bonds. The molecule has 1 aromatic carbocycles. The van der Waals surface area contributed by atoms with E-state index in [1.807, 2.05) is 6.26 Å². The van der Waals surface area contributed by atoms with Crippen molar-refractivity contribution >= 4 is 35.0 Å². The Bertz CT molecular complexity index is 587. The highest BCUT2D eigenvalue weighted by molar-refractivity contribution is 7.98. The summed E-state index contributed by atoms with van der Waals surface area (Å²) in [6, 6.07) is 3.39. The molecule has 0 N–H and O–H groups in total. The average molecular weight is 327 g/mol. The fourth-order valence-electron chi connectivity index (χ4n) is 1.49. The molecule has 0 unspecified atom stereocenters. The minimum atomic E-state index is -4.49. The number of halogens is 5. The third-order valence-corrected chi connectivity index (χ3v) is 3.56. The van der Waals surface area contributed by atoms with Gasteiger partial charge < -0.3 is 0 Å². The van der Waals surface area contributed by atoms with E-state index < -0.39 is 11.7 Å². The van der Waals surface area contributed by atoms with Crippen molar-refractivity contribution in [1.29, 1.82) is 0 Å². The summed E-state index contributed by atoms with van der Waals surface area (Å²) in [5.41, 5.74) is -0.653. The second-order valence-corrected chi connectivity index (χ2v) is 5.23. The van der Waals surface area contributed by atoms with Crippen molar-refractivity contribution in [2.45, 2.75) is 11.2 Å². The molecular formula is C11H7Cl2F3N2S. The van der Waals surface area contributed by atoms with Crippen molar-refractivity contribution in [3.63, 3.8) is 0 Å². The SMILES string of the molecule is CSc1ccn(-c2c(Cl)cc(C(F)(F)F)cc2Cl)n1. The number of hydrogen-bond donors (Lipinski definition) is 0. The smallest absolute Gasteiger partial charge is 0.237 e. The Balaban J connectivity index is 2.53. The zero-order valence-electron chi connectivity index (χ0n) is 9.50. The highest BCUT2D eigenvalue weighted by atomic mass is 35.5. The van der Waals surface area contributed by atoms with Crippen molar-refractivity contribution in [2.75, 3.05) is 6.26 Å². The predicted octanol–water partition coefficient (Wildman–Crippen LogP) is 4.92. The van der Waals surface area contributed by atoms with Gasteiger partial charge in [0.05, 0.1) is 15.6 Å². The van der Waals surface area contributed by atoms with E-state index in [1.165, 1.54) is 16.4 Å². The first-order valence-electron chi connectivity index (χ1n) is 4.99. The average Bonchev–Trinajstić information content (AvgIpc) is 2.75. The number of rotatable bonds is 2. The van der Waals surface area contributed by atoms with Gasteiger partial charge in [-0.1, -0.05) is 23.2 Å². The number of benzene rings is 1. The number of nitrogens with zero attached hydrogens (tertiary/aromatic N) is 2. The van der Waals surface area contributed by atoms with Crippen LogP contribution in [0.2, 0.25) is 10.0 Å². The van der Waals surface area contributed by atoms with E-state index in [0.717, 1.165) is 12.1 Å². The fourth-order valence-corrected chi connectivity index (χ4v) is 2.52. The molecule has 0 bridgehead atoms. The monoisotopic (exact) mass is 326 g/mol. The lowest BCUT2D eigenvalue weighted by Crippen LogP contribution is -2.07. The Hall–Kier alpha value is -0.850. The number of hydrogen-bond acceptors (Lipinski definition) is 2. The van der Waals surface area contributed by atoms with Crippen molar-refractivity contribution < 1.29 is 13.2 Å². The molecule has 0 aliphatic carbocycles. The number of alkyl halides is 3. The van der Waals surface area contributed by atoms with Gasteiger partial charge in [0.1, 0.15) is 10.7 Å². The Morgan fingerprint density at radius 2 is 1.79 bits per heavy atom. The zero-order valence-corrected chi connectivity index (χ0v) is 11.8. The minimum Gasteiger partial charge on any atom is -0.237 e. The summed E-state index contributed by atoms with van der Waals surface area (Å²) in [7, 11) is 0. The Kier molecular flexibility index (Phi) is 4.03. The van der Waals surface area contributed by atoms with E-state index in [0.29, 0.717) is 5.03 Å². The van der Waals surface area contributed by atoms with Gasteiger partial charge >= 0.3 is 6.18 Å². The number of aromatic nitrogens is 2. The van der Waals surface area contributed by atoms with Crippen LogP contribution in [-0.4, -0.2) is 16.0 Å². The lowest BCUT2D eigenvalue weighted by atomic mass is 10.2. The summed E-state index contributed by atoms with van der Waals surface area (Å²) in [4.78, 5) is 0. The molecule has 2 aromatic rings. The summed E-state index contributed by atoms with van der Waals surface area (Å²) >= 11 is 13.2. The van der Waals surface area contributed by atoms with Crippen molar-refractivity contribution in [1.82, 2.24) is 9.78 Å². The fraction of sp³-hybridized carbons (Fsp3) is 0.182. The third-order valence-electron chi connectivity index (χ3n) is 2.35. The van der Waals surface area contributed by atoms with Crippen molar-refractivity contribution in [2.24, 2.45) is 0 Å². The first kappa shape index (κ1) is 14.6. The second-order valence-electron chi connectivity index (χ2n) is 3.59. The van der Waals surface area contributed by atoms with E-state index in [1.54, 1.807) is 12.3 Å². The van der Waals surface area contributed by atoms with Crippen LogP contribution in [0.5, 0.6) is 0 Å². The maximum absolute atomic E-state index is 12.6. The van der Waals surface area contributed by atoms with Gasteiger partial charge in [0.25, 0.3) is 0 Å². The maximum atomic E-state index is 12.6. The molecule has 0 fully saturated rings. The minimum absolute atomic E-state index is 0.101. The van der Waals surface area contributed by atoms with E-state index in [9.17, 15) is 13.2 Å². The molecule has 8 heteroatoms. The molecule has 0 saturated heterocycles. The molecule has 2 rings (SSSR count). The number of thioether (sulfide) groups is 1. The van der Waals surface area contributed by atoms with Gasteiger partial charge in [-0.15, -0.1) is 11.8 Å². The molecule has 0 atom stereocenters. The molecule has 0 radical (unpaired) electrons. The van der Waals surface area contributed by atoms with Crippen LogP contribution < -0.4 is 0 Å². The van der Waals surface area contributed by atoms with Gasteiger partial charge in [-0.25, -0.2) is 4.68 Å². The predicted molar refractivity (Wildman–Crippen MR) is 70.4 cm³/mol. The molecule has 2 nitrogen and oxygen atoms in total. The first-order chi connectivity index (χ1) is 8.82. The molecule has 0 spiro atoms. The summed E-state index contributed by atoms with van der Waals surface area (Å²) in [6.45, 7) is 0. The van der Waals surface area contributed by atoms with Crippen LogP contribution in [0.15, 0.2) is 29.4 Å². The molecular weight excluding hydrogens is 320 g/mol. The molecule has 19 heavy (non-hydrogen) atoms. The lowest BCUT2D eigenvalue weighted by Gasteiger charge is -2.12.